The Morgan fingerprint density at radius 2 is 2.47 bits per heavy atom. The third-order valence-corrected chi connectivity index (χ3v) is 2.02. The number of carboxylic acids is 1. The number of carbonyl (C=O) groups is 1. The molecule has 78 valence electrons. The second-order valence-corrected chi connectivity index (χ2v) is 3.08. The van der Waals surface area contributed by atoms with Gasteiger partial charge < -0.3 is 10.4 Å². The number of hydrogen-bond donors (Lipinski definition) is 2. The van der Waals surface area contributed by atoms with E-state index in [-0.39, 0.29) is 18.0 Å². The molecule has 1 rings (SSSR count). The van der Waals surface area contributed by atoms with E-state index < -0.39 is 5.97 Å². The van der Waals surface area contributed by atoms with Gasteiger partial charge in [-0.1, -0.05) is 11.6 Å². The van der Waals surface area contributed by atoms with Crippen molar-refractivity contribution in [3.8, 4) is 6.07 Å². The molecule has 0 aliphatic heterocycles. The highest BCUT2D eigenvalue weighted by Gasteiger charge is 2.06. The molecule has 0 aromatic carbocycles. The van der Waals surface area contributed by atoms with Crippen LogP contribution in [0, 0.1) is 11.3 Å². The summed E-state index contributed by atoms with van der Waals surface area (Å²) in [5.41, 5.74) is 0.310. The van der Waals surface area contributed by atoms with Crippen molar-refractivity contribution in [2.24, 2.45) is 0 Å². The third-order valence-electron chi connectivity index (χ3n) is 1.64. The smallest absolute Gasteiger partial charge is 0.305 e. The maximum atomic E-state index is 10.3. The van der Waals surface area contributed by atoms with E-state index in [0.717, 1.165) is 0 Å². The van der Waals surface area contributed by atoms with Crippen molar-refractivity contribution < 1.29 is 9.90 Å². The SMILES string of the molecule is N#Cc1ccnc(NCCC(=O)O)c1Cl. The quantitative estimate of drug-likeness (QED) is 0.811. The third kappa shape index (κ3) is 3.11. The summed E-state index contributed by atoms with van der Waals surface area (Å²) in [6, 6.07) is 3.40. The number of hydrogen-bond acceptors (Lipinski definition) is 4. The molecule has 0 aliphatic carbocycles. The summed E-state index contributed by atoms with van der Waals surface area (Å²) in [6.07, 6.45) is 1.41. The lowest BCUT2D eigenvalue weighted by Crippen LogP contribution is -2.09. The maximum Gasteiger partial charge on any atom is 0.305 e. The zero-order chi connectivity index (χ0) is 11.3. The molecule has 0 amide bonds. The van der Waals surface area contributed by atoms with Crippen LogP contribution < -0.4 is 5.32 Å². The Hall–Kier alpha value is -1.80. The van der Waals surface area contributed by atoms with Crippen LogP contribution in [0.5, 0.6) is 0 Å². The fourth-order valence-electron chi connectivity index (χ4n) is 0.941. The Bertz CT molecular complexity index is 414. The molecule has 1 aromatic heterocycles. The summed E-state index contributed by atoms with van der Waals surface area (Å²) < 4.78 is 0. The van der Waals surface area contributed by atoms with Crippen LogP contribution in [0.15, 0.2) is 12.3 Å². The largest absolute Gasteiger partial charge is 0.481 e. The Morgan fingerprint density at radius 3 is 3.07 bits per heavy atom. The monoisotopic (exact) mass is 225 g/mol. The van der Waals surface area contributed by atoms with E-state index in [1.807, 2.05) is 6.07 Å². The van der Waals surface area contributed by atoms with Crippen LogP contribution in [0.4, 0.5) is 5.82 Å². The predicted molar refractivity (Wildman–Crippen MR) is 54.7 cm³/mol. The first-order valence-corrected chi connectivity index (χ1v) is 4.53. The molecule has 5 nitrogen and oxygen atoms in total. The molecule has 0 unspecified atom stereocenters. The Balaban J connectivity index is 2.70. The molecule has 0 aliphatic rings. The lowest BCUT2D eigenvalue weighted by atomic mass is 10.3. The van der Waals surface area contributed by atoms with Gasteiger partial charge in [-0.25, -0.2) is 4.98 Å². The molecule has 6 heteroatoms. The predicted octanol–water partition coefficient (Wildman–Crippen LogP) is 1.49. The van der Waals surface area contributed by atoms with Crippen molar-refractivity contribution in [3.63, 3.8) is 0 Å². The van der Waals surface area contributed by atoms with Crippen LogP contribution in [0.1, 0.15) is 12.0 Å². The van der Waals surface area contributed by atoms with Gasteiger partial charge in [0.15, 0.2) is 0 Å². The normalized spacial score (nSPS) is 9.33. The lowest BCUT2D eigenvalue weighted by Gasteiger charge is -2.05. The van der Waals surface area contributed by atoms with E-state index in [1.165, 1.54) is 12.3 Å². The molecule has 0 saturated carbocycles. The standard InChI is InChI=1S/C9H8ClN3O2/c10-8-6(5-11)1-3-12-9(8)13-4-2-7(14)15/h1,3H,2,4H2,(H,12,13)(H,14,15). The van der Waals surface area contributed by atoms with E-state index in [2.05, 4.69) is 10.3 Å². The van der Waals surface area contributed by atoms with Crippen LogP contribution in [0.2, 0.25) is 5.02 Å². The molecule has 0 bridgehead atoms. The average Bonchev–Trinajstić information content (AvgIpc) is 2.20. The van der Waals surface area contributed by atoms with Crippen molar-refractivity contribution in [1.82, 2.24) is 4.98 Å². The Kier molecular flexibility index (Phi) is 3.89. The number of rotatable bonds is 4. The van der Waals surface area contributed by atoms with Crippen LogP contribution >= 0.6 is 11.6 Å². The fraction of sp³-hybridized carbons (Fsp3) is 0.222. The molecule has 15 heavy (non-hydrogen) atoms. The number of aliphatic carboxylic acids is 1. The van der Waals surface area contributed by atoms with Gasteiger partial charge in [0.25, 0.3) is 0 Å². The summed E-state index contributed by atoms with van der Waals surface area (Å²) in [5.74, 6) is -0.577. The first kappa shape index (κ1) is 11.3. The topological polar surface area (TPSA) is 86.0 Å². The molecule has 1 heterocycles. The van der Waals surface area contributed by atoms with Crippen LogP contribution in [-0.4, -0.2) is 22.6 Å². The lowest BCUT2D eigenvalue weighted by molar-refractivity contribution is -0.136. The van der Waals surface area contributed by atoms with Gasteiger partial charge in [0.1, 0.15) is 16.9 Å². The summed E-state index contributed by atoms with van der Waals surface area (Å²) in [4.78, 5) is 14.1. The van der Waals surface area contributed by atoms with E-state index in [0.29, 0.717) is 11.4 Å². The van der Waals surface area contributed by atoms with Crippen LogP contribution in [-0.2, 0) is 4.79 Å². The highest BCUT2D eigenvalue weighted by molar-refractivity contribution is 6.34. The number of nitriles is 1. The van der Waals surface area contributed by atoms with Gasteiger partial charge in [0.05, 0.1) is 12.0 Å². The number of nitrogens with one attached hydrogen (secondary N) is 1. The number of halogens is 1. The molecule has 1 aromatic rings. The molecule has 0 fully saturated rings. The van der Waals surface area contributed by atoms with Crippen molar-refractivity contribution in [2.45, 2.75) is 6.42 Å². The van der Waals surface area contributed by atoms with Gasteiger partial charge in [-0.3, -0.25) is 4.79 Å². The second kappa shape index (κ2) is 5.17. The van der Waals surface area contributed by atoms with Crippen molar-refractivity contribution in [2.75, 3.05) is 11.9 Å². The van der Waals surface area contributed by atoms with Crippen molar-refractivity contribution in [1.29, 1.82) is 5.26 Å². The number of carboxylic acid groups (broad SMARTS) is 1. The molecule has 0 saturated heterocycles. The maximum absolute atomic E-state index is 10.3. The molecule has 0 atom stereocenters. The summed E-state index contributed by atoms with van der Waals surface area (Å²) >= 11 is 5.83. The number of anilines is 1. The molecule has 0 radical (unpaired) electrons. The van der Waals surface area contributed by atoms with E-state index in [9.17, 15) is 4.79 Å². The molecule has 2 N–H and O–H groups in total. The molecular weight excluding hydrogens is 218 g/mol. The van der Waals surface area contributed by atoms with E-state index >= 15 is 0 Å². The zero-order valence-electron chi connectivity index (χ0n) is 7.70. The van der Waals surface area contributed by atoms with Gasteiger partial charge in [0, 0.05) is 12.7 Å². The van der Waals surface area contributed by atoms with Crippen molar-refractivity contribution >= 4 is 23.4 Å². The average molecular weight is 226 g/mol. The number of aromatic nitrogens is 1. The van der Waals surface area contributed by atoms with Crippen LogP contribution in [0.25, 0.3) is 0 Å². The Morgan fingerprint density at radius 1 is 1.73 bits per heavy atom. The first-order chi connectivity index (χ1) is 7.15. The minimum absolute atomic E-state index is 0.0329. The number of nitrogens with zero attached hydrogens (tertiary/aromatic N) is 2. The van der Waals surface area contributed by atoms with Gasteiger partial charge in [-0.15, -0.1) is 0 Å². The highest BCUT2D eigenvalue weighted by atomic mass is 35.5. The first-order valence-electron chi connectivity index (χ1n) is 4.15. The molecular formula is C9H8ClN3O2. The van der Waals surface area contributed by atoms with Crippen LogP contribution in [0.3, 0.4) is 0 Å². The van der Waals surface area contributed by atoms with Gasteiger partial charge >= 0.3 is 5.97 Å². The number of pyridine rings is 1. The fourth-order valence-corrected chi connectivity index (χ4v) is 1.16. The van der Waals surface area contributed by atoms with Gasteiger partial charge in [-0.2, -0.15) is 5.26 Å². The van der Waals surface area contributed by atoms with E-state index in [1.54, 1.807) is 0 Å². The summed E-state index contributed by atoms with van der Waals surface area (Å²) in [6.45, 7) is 0.219. The Labute approximate surface area is 91.3 Å². The minimum Gasteiger partial charge on any atom is -0.481 e. The van der Waals surface area contributed by atoms with Gasteiger partial charge in [-0.05, 0) is 6.07 Å². The minimum atomic E-state index is -0.907. The second-order valence-electron chi connectivity index (χ2n) is 2.70. The van der Waals surface area contributed by atoms with E-state index in [4.69, 9.17) is 22.0 Å². The highest BCUT2D eigenvalue weighted by Crippen LogP contribution is 2.22. The zero-order valence-corrected chi connectivity index (χ0v) is 8.45. The van der Waals surface area contributed by atoms with Crippen molar-refractivity contribution in [3.05, 3.63) is 22.8 Å². The summed E-state index contributed by atoms with van der Waals surface area (Å²) in [7, 11) is 0. The van der Waals surface area contributed by atoms with Gasteiger partial charge in [0.2, 0.25) is 0 Å². The summed E-state index contributed by atoms with van der Waals surface area (Å²) in [5, 5.41) is 20.0. The molecule has 0 spiro atoms.